The standard InChI is InChI=1S/C8H5F6O4P/c9-7(10,11)4-2-1-3-5(18-19(15,16)17)6(4)8(12,13)14/h1-3H,(H2,15,16,17). The van der Waals surface area contributed by atoms with Crippen LogP contribution in [0.4, 0.5) is 26.3 Å². The van der Waals surface area contributed by atoms with Crippen LogP contribution in [0, 0.1) is 0 Å². The summed E-state index contributed by atoms with van der Waals surface area (Å²) >= 11 is 0. The van der Waals surface area contributed by atoms with Crippen molar-refractivity contribution in [1.29, 1.82) is 0 Å². The van der Waals surface area contributed by atoms with E-state index in [1.807, 2.05) is 0 Å². The lowest BCUT2D eigenvalue weighted by molar-refractivity contribution is -0.162. The molecular weight excluding hydrogens is 305 g/mol. The fraction of sp³-hybridized carbons (Fsp3) is 0.250. The van der Waals surface area contributed by atoms with E-state index in [2.05, 4.69) is 4.52 Å². The summed E-state index contributed by atoms with van der Waals surface area (Å²) in [4.78, 5) is 16.8. The summed E-state index contributed by atoms with van der Waals surface area (Å²) in [6.45, 7) is 0. The Hall–Kier alpha value is -1.25. The summed E-state index contributed by atoms with van der Waals surface area (Å²) in [5, 5.41) is 0. The molecule has 1 rings (SSSR count). The normalized spacial score (nSPS) is 13.5. The van der Waals surface area contributed by atoms with Crippen molar-refractivity contribution in [2.75, 3.05) is 0 Å². The van der Waals surface area contributed by atoms with E-state index in [9.17, 15) is 30.9 Å². The van der Waals surface area contributed by atoms with Crippen LogP contribution in [0.3, 0.4) is 0 Å². The molecule has 4 nitrogen and oxygen atoms in total. The smallest absolute Gasteiger partial charge is 0.404 e. The SMILES string of the molecule is O=P(O)(O)Oc1cccc(C(F)(F)F)c1C(F)(F)F. The molecule has 0 saturated heterocycles. The maximum Gasteiger partial charge on any atom is 0.524 e. The van der Waals surface area contributed by atoms with E-state index < -0.39 is 37.1 Å². The average Bonchev–Trinajstić information content (AvgIpc) is 2.11. The van der Waals surface area contributed by atoms with Gasteiger partial charge in [0, 0.05) is 0 Å². The number of rotatable bonds is 2. The highest BCUT2D eigenvalue weighted by Gasteiger charge is 2.46. The monoisotopic (exact) mass is 310 g/mol. The Balaban J connectivity index is 3.53. The van der Waals surface area contributed by atoms with E-state index in [1.165, 1.54) is 0 Å². The Kier molecular flexibility index (Phi) is 3.91. The summed E-state index contributed by atoms with van der Waals surface area (Å²) < 4.78 is 89.2. The molecule has 0 unspecified atom stereocenters. The van der Waals surface area contributed by atoms with Crippen LogP contribution in [0.1, 0.15) is 11.1 Å². The van der Waals surface area contributed by atoms with Crippen LogP contribution in [-0.2, 0) is 16.9 Å². The van der Waals surface area contributed by atoms with Gasteiger partial charge in [-0.1, -0.05) is 6.07 Å². The predicted octanol–water partition coefficient (Wildman–Crippen LogP) is 3.20. The lowest BCUT2D eigenvalue weighted by atomic mass is 10.1. The molecule has 0 bridgehead atoms. The van der Waals surface area contributed by atoms with Crippen molar-refractivity contribution in [2.45, 2.75) is 12.4 Å². The Morgan fingerprint density at radius 2 is 1.53 bits per heavy atom. The van der Waals surface area contributed by atoms with Gasteiger partial charge in [0.2, 0.25) is 0 Å². The van der Waals surface area contributed by atoms with Gasteiger partial charge in [-0.2, -0.15) is 26.3 Å². The van der Waals surface area contributed by atoms with E-state index in [-0.39, 0.29) is 6.07 Å². The van der Waals surface area contributed by atoms with E-state index in [1.54, 1.807) is 0 Å². The molecule has 0 atom stereocenters. The summed E-state index contributed by atoms with van der Waals surface area (Å²) in [7, 11) is -5.42. The fourth-order valence-electron chi connectivity index (χ4n) is 1.26. The largest absolute Gasteiger partial charge is 0.524 e. The van der Waals surface area contributed by atoms with Gasteiger partial charge in [-0.3, -0.25) is 9.79 Å². The Morgan fingerprint density at radius 1 is 1.00 bits per heavy atom. The average molecular weight is 310 g/mol. The van der Waals surface area contributed by atoms with Gasteiger partial charge in [0.15, 0.2) is 0 Å². The zero-order chi connectivity index (χ0) is 15.1. The van der Waals surface area contributed by atoms with Gasteiger partial charge in [0.05, 0.1) is 5.56 Å². The second kappa shape index (κ2) is 4.69. The third-order valence-electron chi connectivity index (χ3n) is 1.83. The van der Waals surface area contributed by atoms with Gasteiger partial charge in [0.25, 0.3) is 0 Å². The minimum Gasteiger partial charge on any atom is -0.404 e. The third kappa shape index (κ3) is 4.12. The first-order chi connectivity index (χ1) is 8.32. The topological polar surface area (TPSA) is 66.8 Å². The van der Waals surface area contributed by atoms with Gasteiger partial charge >= 0.3 is 20.2 Å². The minimum absolute atomic E-state index is 0.134. The first-order valence-corrected chi connectivity index (χ1v) is 5.88. The fourth-order valence-corrected chi connectivity index (χ4v) is 1.67. The molecule has 0 spiro atoms. The Morgan fingerprint density at radius 3 is 1.89 bits per heavy atom. The highest BCUT2D eigenvalue weighted by molar-refractivity contribution is 7.46. The van der Waals surface area contributed by atoms with Crippen LogP contribution < -0.4 is 4.52 Å². The quantitative estimate of drug-likeness (QED) is 0.650. The highest BCUT2D eigenvalue weighted by atomic mass is 31.2. The number of hydrogen-bond donors (Lipinski definition) is 2. The molecule has 0 aliphatic carbocycles. The molecule has 0 aliphatic rings. The molecule has 0 heterocycles. The van der Waals surface area contributed by atoms with E-state index in [4.69, 9.17) is 9.79 Å². The molecule has 11 heteroatoms. The number of phosphoric ester groups is 1. The summed E-state index contributed by atoms with van der Waals surface area (Å²) in [6.07, 6.45) is -10.8. The van der Waals surface area contributed by atoms with Crippen molar-refractivity contribution in [3.05, 3.63) is 29.3 Å². The van der Waals surface area contributed by atoms with E-state index >= 15 is 0 Å². The van der Waals surface area contributed by atoms with E-state index in [0.29, 0.717) is 12.1 Å². The lowest BCUT2D eigenvalue weighted by Gasteiger charge is -2.19. The minimum atomic E-state index is -5.49. The number of benzene rings is 1. The van der Waals surface area contributed by atoms with Crippen LogP contribution in [-0.4, -0.2) is 9.79 Å². The van der Waals surface area contributed by atoms with Crippen molar-refractivity contribution < 1.29 is 45.2 Å². The van der Waals surface area contributed by atoms with Crippen molar-refractivity contribution in [2.24, 2.45) is 0 Å². The summed E-state index contributed by atoms with van der Waals surface area (Å²) in [6, 6.07) is 1.07. The molecule has 0 radical (unpaired) electrons. The van der Waals surface area contributed by atoms with Gasteiger partial charge in [-0.15, -0.1) is 0 Å². The van der Waals surface area contributed by atoms with Crippen LogP contribution in [0.25, 0.3) is 0 Å². The number of alkyl halides is 6. The summed E-state index contributed by atoms with van der Waals surface area (Å²) in [5.41, 5.74) is -4.38. The van der Waals surface area contributed by atoms with Gasteiger partial charge in [-0.05, 0) is 12.1 Å². The van der Waals surface area contributed by atoms with Crippen molar-refractivity contribution in [3.63, 3.8) is 0 Å². The molecule has 0 aliphatic heterocycles. The highest BCUT2D eigenvalue weighted by Crippen LogP contribution is 2.48. The Labute approximate surface area is 101 Å². The molecule has 1 aromatic rings. The van der Waals surface area contributed by atoms with Crippen LogP contribution in [0.15, 0.2) is 18.2 Å². The number of halogens is 6. The van der Waals surface area contributed by atoms with Gasteiger partial charge in [0.1, 0.15) is 11.3 Å². The summed E-state index contributed by atoms with van der Waals surface area (Å²) in [5.74, 6) is -1.59. The molecule has 1 aromatic carbocycles. The maximum absolute atomic E-state index is 12.6. The zero-order valence-corrected chi connectivity index (χ0v) is 9.55. The molecule has 2 N–H and O–H groups in total. The predicted molar refractivity (Wildman–Crippen MR) is 49.1 cm³/mol. The molecule has 0 saturated carbocycles. The van der Waals surface area contributed by atoms with Crippen molar-refractivity contribution in [3.8, 4) is 5.75 Å². The van der Waals surface area contributed by atoms with Crippen molar-refractivity contribution >= 4 is 7.82 Å². The Bertz CT molecular complexity index is 517. The van der Waals surface area contributed by atoms with Crippen LogP contribution in [0.5, 0.6) is 5.75 Å². The molecule has 0 fully saturated rings. The maximum atomic E-state index is 12.6. The van der Waals surface area contributed by atoms with E-state index in [0.717, 1.165) is 0 Å². The molecule has 0 amide bonds. The molecule has 19 heavy (non-hydrogen) atoms. The number of phosphoric acid groups is 1. The molecule has 108 valence electrons. The molecular formula is C8H5F6O4P. The first kappa shape index (κ1) is 15.8. The van der Waals surface area contributed by atoms with Crippen LogP contribution >= 0.6 is 7.82 Å². The first-order valence-electron chi connectivity index (χ1n) is 4.35. The van der Waals surface area contributed by atoms with Crippen molar-refractivity contribution in [1.82, 2.24) is 0 Å². The zero-order valence-electron chi connectivity index (χ0n) is 8.66. The number of hydrogen-bond acceptors (Lipinski definition) is 2. The second-order valence-electron chi connectivity index (χ2n) is 3.26. The lowest BCUT2D eigenvalue weighted by Crippen LogP contribution is -2.17. The van der Waals surface area contributed by atoms with Crippen LogP contribution in [0.2, 0.25) is 0 Å². The molecule has 0 aromatic heterocycles. The van der Waals surface area contributed by atoms with Gasteiger partial charge in [-0.25, -0.2) is 4.57 Å². The third-order valence-corrected chi connectivity index (χ3v) is 2.27. The van der Waals surface area contributed by atoms with Gasteiger partial charge < -0.3 is 4.52 Å². The second-order valence-corrected chi connectivity index (χ2v) is 4.42.